The van der Waals surface area contributed by atoms with E-state index in [-0.39, 0.29) is 11.1 Å². The largest absolute Gasteiger partial charge is 0.465 e. The van der Waals surface area contributed by atoms with Crippen LogP contribution in [-0.2, 0) is 22.3 Å². The fraction of sp³-hybridized carbons (Fsp3) is 0.385. The van der Waals surface area contributed by atoms with Crippen LogP contribution in [0.5, 0.6) is 0 Å². The van der Waals surface area contributed by atoms with Gasteiger partial charge in [0, 0.05) is 0 Å². The number of esters is 2. The molecule has 0 unspecified atom stereocenters. The maximum absolute atomic E-state index is 11.6. The van der Waals surface area contributed by atoms with Gasteiger partial charge in [0.2, 0.25) is 0 Å². The summed E-state index contributed by atoms with van der Waals surface area (Å²) in [6.07, 6.45) is 0.514. The highest BCUT2D eigenvalue weighted by Gasteiger charge is 2.26. The van der Waals surface area contributed by atoms with Gasteiger partial charge in [0.15, 0.2) is 0 Å². The highest BCUT2D eigenvalue weighted by atomic mass is 16.5. The van der Waals surface area contributed by atoms with Gasteiger partial charge in [-0.2, -0.15) is 0 Å². The molecule has 2 rings (SSSR count). The molecule has 5 nitrogen and oxygen atoms in total. The Bertz CT molecular complexity index is 461. The van der Waals surface area contributed by atoms with Crippen molar-refractivity contribution < 1.29 is 24.2 Å². The lowest BCUT2D eigenvalue weighted by Crippen LogP contribution is -2.12. The highest BCUT2D eigenvalue weighted by molar-refractivity contribution is 6.03. The van der Waals surface area contributed by atoms with Gasteiger partial charge in [0.05, 0.1) is 31.5 Å². The van der Waals surface area contributed by atoms with Gasteiger partial charge in [-0.15, -0.1) is 0 Å². The van der Waals surface area contributed by atoms with Crippen LogP contribution < -0.4 is 0 Å². The number of aliphatic hydroxyl groups excluding tert-OH is 1. The molecular weight excluding hydrogens is 236 g/mol. The Morgan fingerprint density at radius 3 is 1.78 bits per heavy atom. The zero-order chi connectivity index (χ0) is 13.3. The molecule has 1 aliphatic rings. The van der Waals surface area contributed by atoms with Gasteiger partial charge in [-0.05, 0) is 36.1 Å². The van der Waals surface area contributed by atoms with Crippen molar-refractivity contribution >= 4 is 11.9 Å². The monoisotopic (exact) mass is 250 g/mol. The van der Waals surface area contributed by atoms with Crippen LogP contribution >= 0.6 is 0 Å². The minimum absolute atomic E-state index is 0.178. The number of rotatable bonds is 2. The first-order valence-corrected chi connectivity index (χ1v) is 5.57. The van der Waals surface area contributed by atoms with Gasteiger partial charge in [-0.25, -0.2) is 9.59 Å². The SMILES string of the molecule is COC(=O)c1cc2c(cc1C(=O)OC)CC(O)C2. The number of hydrogen-bond acceptors (Lipinski definition) is 5. The van der Waals surface area contributed by atoms with Crippen molar-refractivity contribution in [3.63, 3.8) is 0 Å². The molecule has 1 N–H and O–H groups in total. The number of benzene rings is 1. The predicted molar refractivity (Wildman–Crippen MR) is 62.5 cm³/mol. The molecule has 1 aliphatic carbocycles. The summed E-state index contributed by atoms with van der Waals surface area (Å²) in [4.78, 5) is 23.3. The zero-order valence-electron chi connectivity index (χ0n) is 10.2. The summed E-state index contributed by atoms with van der Waals surface area (Å²) in [6.45, 7) is 0. The van der Waals surface area contributed by atoms with Crippen LogP contribution in [0.2, 0.25) is 0 Å². The van der Waals surface area contributed by atoms with Crippen LogP contribution in [0.1, 0.15) is 31.8 Å². The van der Waals surface area contributed by atoms with Gasteiger partial charge in [0.1, 0.15) is 0 Å². The third-order valence-electron chi connectivity index (χ3n) is 3.06. The van der Waals surface area contributed by atoms with Crippen molar-refractivity contribution in [3.8, 4) is 0 Å². The van der Waals surface area contributed by atoms with Crippen molar-refractivity contribution in [1.82, 2.24) is 0 Å². The molecule has 0 radical (unpaired) electrons. The number of aliphatic hydroxyl groups is 1. The van der Waals surface area contributed by atoms with E-state index in [0.717, 1.165) is 11.1 Å². The molecule has 96 valence electrons. The highest BCUT2D eigenvalue weighted by Crippen LogP contribution is 2.27. The number of fused-ring (bicyclic) bond motifs is 1. The molecule has 1 aromatic rings. The van der Waals surface area contributed by atoms with Crippen LogP contribution in [0.3, 0.4) is 0 Å². The maximum Gasteiger partial charge on any atom is 0.338 e. The third-order valence-corrected chi connectivity index (χ3v) is 3.06. The molecule has 0 saturated heterocycles. The number of carbonyl (C=O) groups excluding carboxylic acids is 2. The fourth-order valence-electron chi connectivity index (χ4n) is 2.21. The van der Waals surface area contributed by atoms with Crippen molar-refractivity contribution in [2.24, 2.45) is 0 Å². The molecule has 0 aromatic heterocycles. The van der Waals surface area contributed by atoms with E-state index in [1.54, 1.807) is 12.1 Å². The minimum atomic E-state index is -0.584. The number of ether oxygens (including phenoxy) is 2. The lowest BCUT2D eigenvalue weighted by atomic mass is 10.00. The van der Waals surface area contributed by atoms with Crippen molar-refractivity contribution in [2.75, 3.05) is 14.2 Å². The lowest BCUT2D eigenvalue weighted by molar-refractivity contribution is 0.0555. The van der Waals surface area contributed by atoms with Gasteiger partial charge in [-0.3, -0.25) is 0 Å². The average molecular weight is 250 g/mol. The normalized spacial score (nSPS) is 14.2. The molecule has 0 spiro atoms. The Hall–Kier alpha value is -1.88. The summed E-state index contributed by atoms with van der Waals surface area (Å²) >= 11 is 0. The molecule has 0 atom stereocenters. The summed E-state index contributed by atoms with van der Waals surface area (Å²) in [5.74, 6) is -1.17. The first-order valence-electron chi connectivity index (χ1n) is 5.57. The van der Waals surface area contributed by atoms with E-state index >= 15 is 0 Å². The van der Waals surface area contributed by atoms with E-state index in [9.17, 15) is 14.7 Å². The number of carbonyl (C=O) groups is 2. The zero-order valence-corrected chi connectivity index (χ0v) is 10.2. The van der Waals surface area contributed by atoms with Gasteiger partial charge >= 0.3 is 11.9 Å². The Labute approximate surface area is 104 Å². The lowest BCUT2D eigenvalue weighted by Gasteiger charge is -2.09. The second-order valence-electron chi connectivity index (χ2n) is 4.21. The van der Waals surface area contributed by atoms with E-state index in [1.165, 1.54) is 14.2 Å². The Kier molecular flexibility index (Phi) is 3.34. The quantitative estimate of drug-likeness (QED) is 0.783. The van der Waals surface area contributed by atoms with Crippen LogP contribution in [0.25, 0.3) is 0 Å². The summed E-state index contributed by atoms with van der Waals surface area (Å²) < 4.78 is 9.30. The van der Waals surface area contributed by atoms with E-state index in [4.69, 9.17) is 0 Å². The molecule has 0 fully saturated rings. The summed E-state index contributed by atoms with van der Waals surface area (Å²) in [5, 5.41) is 9.59. The van der Waals surface area contributed by atoms with Gasteiger partial charge in [-0.1, -0.05) is 0 Å². The summed E-state index contributed by atoms with van der Waals surface area (Å²) in [6, 6.07) is 3.20. The van der Waals surface area contributed by atoms with Gasteiger partial charge < -0.3 is 14.6 Å². The van der Waals surface area contributed by atoms with E-state index < -0.39 is 18.0 Å². The summed E-state index contributed by atoms with van der Waals surface area (Å²) in [5.41, 5.74) is 2.10. The Morgan fingerprint density at radius 1 is 1.06 bits per heavy atom. The predicted octanol–water partition coefficient (Wildman–Crippen LogP) is 0.719. The van der Waals surface area contributed by atoms with E-state index in [2.05, 4.69) is 9.47 Å². The van der Waals surface area contributed by atoms with E-state index in [1.807, 2.05) is 0 Å². The Morgan fingerprint density at radius 2 is 1.44 bits per heavy atom. The van der Waals surface area contributed by atoms with Crippen molar-refractivity contribution in [1.29, 1.82) is 0 Å². The molecule has 0 amide bonds. The second kappa shape index (κ2) is 4.78. The van der Waals surface area contributed by atoms with Crippen molar-refractivity contribution in [3.05, 3.63) is 34.4 Å². The average Bonchev–Trinajstić information content (AvgIpc) is 2.74. The number of hydrogen-bond donors (Lipinski definition) is 1. The first-order chi connectivity index (χ1) is 8.56. The minimum Gasteiger partial charge on any atom is -0.465 e. The van der Waals surface area contributed by atoms with Crippen LogP contribution in [0.15, 0.2) is 12.1 Å². The molecular formula is C13H14O5. The molecule has 18 heavy (non-hydrogen) atoms. The second-order valence-corrected chi connectivity index (χ2v) is 4.21. The Balaban J connectivity index is 2.53. The third kappa shape index (κ3) is 2.09. The number of methoxy groups -OCH3 is 2. The summed E-state index contributed by atoms with van der Waals surface area (Å²) in [7, 11) is 2.51. The van der Waals surface area contributed by atoms with Crippen molar-refractivity contribution in [2.45, 2.75) is 18.9 Å². The maximum atomic E-state index is 11.6. The van der Waals surface area contributed by atoms with Crippen LogP contribution in [-0.4, -0.2) is 37.4 Å². The van der Waals surface area contributed by atoms with Crippen LogP contribution in [0, 0.1) is 0 Å². The molecule has 0 heterocycles. The molecule has 1 aromatic carbocycles. The van der Waals surface area contributed by atoms with E-state index in [0.29, 0.717) is 12.8 Å². The molecule has 0 saturated carbocycles. The molecule has 0 bridgehead atoms. The van der Waals surface area contributed by atoms with Crippen LogP contribution in [0.4, 0.5) is 0 Å². The fourth-order valence-corrected chi connectivity index (χ4v) is 2.21. The molecule has 0 aliphatic heterocycles. The topological polar surface area (TPSA) is 72.8 Å². The standard InChI is InChI=1S/C13H14O5/c1-17-12(15)10-5-7-3-9(14)4-8(7)6-11(10)13(16)18-2/h5-6,9,14H,3-4H2,1-2H3. The first kappa shape index (κ1) is 12.6. The molecule has 5 heteroatoms. The smallest absolute Gasteiger partial charge is 0.338 e. The van der Waals surface area contributed by atoms with Gasteiger partial charge in [0.25, 0.3) is 0 Å².